The van der Waals surface area contributed by atoms with E-state index in [-0.39, 0.29) is 0 Å². The summed E-state index contributed by atoms with van der Waals surface area (Å²) in [5.41, 5.74) is 0.497. The quantitative estimate of drug-likeness (QED) is 0.688. The van der Waals surface area contributed by atoms with Gasteiger partial charge >= 0.3 is 5.97 Å². The molecular formula is C16H14N2O3. The number of nitrogens with zero attached hydrogens (tertiary/aromatic N) is 2. The molecule has 0 saturated heterocycles. The van der Waals surface area contributed by atoms with Crippen LogP contribution in [0.5, 0.6) is 0 Å². The number of hydrogen-bond donors (Lipinski definition) is 0. The molecule has 2 aromatic carbocycles. The molecule has 0 aliphatic heterocycles. The van der Waals surface area contributed by atoms with Crippen LogP contribution in [0.2, 0.25) is 0 Å². The van der Waals surface area contributed by atoms with Gasteiger partial charge in [0.1, 0.15) is 0 Å². The first-order valence-corrected chi connectivity index (χ1v) is 6.63. The number of hydrogen-bond acceptors (Lipinski definition) is 5. The van der Waals surface area contributed by atoms with E-state index in [0.29, 0.717) is 17.3 Å². The fraction of sp³-hybridized carbons (Fsp3) is 0.188. The second kappa shape index (κ2) is 5.36. The number of rotatable bonds is 3. The van der Waals surface area contributed by atoms with Gasteiger partial charge in [-0.1, -0.05) is 35.5 Å². The molecule has 1 atom stereocenters. The van der Waals surface area contributed by atoms with Crippen LogP contribution < -0.4 is 0 Å². The normalized spacial score (nSPS) is 12.3. The molecule has 1 unspecified atom stereocenters. The Hall–Kier alpha value is -2.69. The van der Waals surface area contributed by atoms with Crippen LogP contribution in [0.25, 0.3) is 10.8 Å². The average Bonchev–Trinajstić information content (AvgIpc) is 2.93. The van der Waals surface area contributed by atoms with E-state index < -0.39 is 12.1 Å². The minimum atomic E-state index is -0.579. The van der Waals surface area contributed by atoms with Crippen LogP contribution in [-0.2, 0) is 4.74 Å². The van der Waals surface area contributed by atoms with E-state index in [9.17, 15) is 4.79 Å². The Balaban J connectivity index is 1.80. The highest BCUT2D eigenvalue weighted by molar-refractivity contribution is 5.95. The summed E-state index contributed by atoms with van der Waals surface area (Å²) in [5.74, 6) is 0.393. The Kier molecular flexibility index (Phi) is 3.39. The third-order valence-electron chi connectivity index (χ3n) is 3.16. The second-order valence-electron chi connectivity index (χ2n) is 4.79. The number of carbonyl (C=O) groups excluding carboxylic acids is 1. The monoisotopic (exact) mass is 282 g/mol. The van der Waals surface area contributed by atoms with E-state index in [1.54, 1.807) is 19.9 Å². The van der Waals surface area contributed by atoms with Gasteiger partial charge in [-0.15, -0.1) is 0 Å². The van der Waals surface area contributed by atoms with Gasteiger partial charge in [0.15, 0.2) is 11.9 Å². The molecule has 0 saturated carbocycles. The van der Waals surface area contributed by atoms with E-state index in [2.05, 4.69) is 10.1 Å². The molecule has 106 valence electrons. The molecule has 3 aromatic rings. The zero-order chi connectivity index (χ0) is 14.8. The first kappa shape index (κ1) is 13.3. The van der Waals surface area contributed by atoms with Crippen LogP contribution >= 0.6 is 0 Å². The lowest BCUT2D eigenvalue weighted by molar-refractivity contribution is 0.0265. The number of ether oxygens (including phenoxy) is 1. The SMILES string of the molecule is Cc1noc(C(C)OC(=O)c2ccc3ccccc3c2)n1. The Morgan fingerprint density at radius 1 is 1.19 bits per heavy atom. The molecule has 1 aromatic heterocycles. The predicted octanol–water partition coefficient (Wildman–Crippen LogP) is 3.45. The van der Waals surface area contributed by atoms with Gasteiger partial charge in [0, 0.05) is 0 Å². The molecule has 0 amide bonds. The van der Waals surface area contributed by atoms with E-state index in [0.717, 1.165) is 10.8 Å². The lowest BCUT2D eigenvalue weighted by Gasteiger charge is -2.09. The van der Waals surface area contributed by atoms with Crippen LogP contribution in [0.1, 0.15) is 35.1 Å². The second-order valence-corrected chi connectivity index (χ2v) is 4.79. The van der Waals surface area contributed by atoms with Crippen molar-refractivity contribution in [3.63, 3.8) is 0 Å². The third kappa shape index (κ3) is 2.76. The zero-order valence-corrected chi connectivity index (χ0v) is 11.7. The van der Waals surface area contributed by atoms with Gasteiger partial charge in [0.25, 0.3) is 5.89 Å². The first-order chi connectivity index (χ1) is 10.1. The molecule has 21 heavy (non-hydrogen) atoms. The fourth-order valence-corrected chi connectivity index (χ4v) is 2.07. The molecule has 0 radical (unpaired) electrons. The number of fused-ring (bicyclic) bond motifs is 1. The lowest BCUT2D eigenvalue weighted by atomic mass is 10.1. The molecule has 0 aliphatic carbocycles. The van der Waals surface area contributed by atoms with Gasteiger partial charge in [-0.2, -0.15) is 4.98 Å². The van der Waals surface area contributed by atoms with Gasteiger partial charge in [-0.25, -0.2) is 4.79 Å². The van der Waals surface area contributed by atoms with E-state index in [1.807, 2.05) is 36.4 Å². The fourth-order valence-electron chi connectivity index (χ4n) is 2.07. The predicted molar refractivity (Wildman–Crippen MR) is 76.8 cm³/mol. The molecule has 0 fully saturated rings. The summed E-state index contributed by atoms with van der Waals surface area (Å²) in [4.78, 5) is 16.2. The van der Waals surface area contributed by atoms with E-state index in [1.165, 1.54) is 0 Å². The van der Waals surface area contributed by atoms with Crippen molar-refractivity contribution >= 4 is 16.7 Å². The number of esters is 1. The van der Waals surface area contributed by atoms with Crippen LogP contribution in [0.3, 0.4) is 0 Å². The number of aromatic nitrogens is 2. The van der Waals surface area contributed by atoms with Gasteiger partial charge in [0.05, 0.1) is 5.56 Å². The van der Waals surface area contributed by atoms with Crippen molar-refractivity contribution in [2.75, 3.05) is 0 Å². The van der Waals surface area contributed by atoms with Gasteiger partial charge in [-0.05, 0) is 36.8 Å². The van der Waals surface area contributed by atoms with Crippen molar-refractivity contribution in [2.24, 2.45) is 0 Å². The maximum atomic E-state index is 12.2. The van der Waals surface area contributed by atoms with Gasteiger partial charge in [0.2, 0.25) is 0 Å². The summed E-state index contributed by atoms with van der Waals surface area (Å²) in [7, 11) is 0. The van der Waals surface area contributed by atoms with Crippen molar-refractivity contribution in [1.82, 2.24) is 10.1 Å². The maximum Gasteiger partial charge on any atom is 0.338 e. The number of carbonyl (C=O) groups is 1. The smallest absolute Gasteiger partial charge is 0.338 e. The summed E-state index contributed by atoms with van der Waals surface area (Å²) in [5, 5.41) is 5.75. The number of benzene rings is 2. The summed E-state index contributed by atoms with van der Waals surface area (Å²) in [6, 6.07) is 13.3. The molecule has 1 heterocycles. The summed E-state index contributed by atoms with van der Waals surface area (Å²) < 4.78 is 10.3. The van der Waals surface area contributed by atoms with Gasteiger partial charge in [-0.3, -0.25) is 0 Å². The molecule has 5 heteroatoms. The molecule has 3 rings (SSSR count). The van der Waals surface area contributed by atoms with Crippen LogP contribution in [0.15, 0.2) is 47.0 Å². The molecule has 0 bridgehead atoms. The van der Waals surface area contributed by atoms with Crippen LogP contribution in [0.4, 0.5) is 0 Å². The number of aryl methyl sites for hydroxylation is 1. The largest absolute Gasteiger partial charge is 0.449 e. The minimum Gasteiger partial charge on any atom is -0.449 e. The highest BCUT2D eigenvalue weighted by atomic mass is 16.6. The summed E-state index contributed by atoms with van der Waals surface area (Å²) in [6.45, 7) is 3.41. The zero-order valence-electron chi connectivity index (χ0n) is 11.7. The Morgan fingerprint density at radius 3 is 2.67 bits per heavy atom. The van der Waals surface area contributed by atoms with Crippen molar-refractivity contribution in [2.45, 2.75) is 20.0 Å². The molecule has 5 nitrogen and oxygen atoms in total. The lowest BCUT2D eigenvalue weighted by Crippen LogP contribution is -2.09. The Morgan fingerprint density at radius 2 is 1.95 bits per heavy atom. The Bertz CT molecular complexity index is 795. The average molecular weight is 282 g/mol. The van der Waals surface area contributed by atoms with Crippen molar-refractivity contribution in [1.29, 1.82) is 0 Å². The van der Waals surface area contributed by atoms with Crippen molar-refractivity contribution < 1.29 is 14.1 Å². The molecular weight excluding hydrogens is 268 g/mol. The van der Waals surface area contributed by atoms with Gasteiger partial charge < -0.3 is 9.26 Å². The van der Waals surface area contributed by atoms with Crippen molar-refractivity contribution in [3.05, 3.63) is 59.7 Å². The topological polar surface area (TPSA) is 65.2 Å². The third-order valence-corrected chi connectivity index (χ3v) is 3.16. The first-order valence-electron chi connectivity index (χ1n) is 6.63. The van der Waals surface area contributed by atoms with E-state index in [4.69, 9.17) is 9.26 Å². The summed E-state index contributed by atoms with van der Waals surface area (Å²) >= 11 is 0. The standard InChI is InChI=1S/C16H14N2O3/c1-10(15-17-11(2)18-21-15)20-16(19)14-8-7-12-5-3-4-6-13(12)9-14/h3-10H,1-2H3. The Labute approximate surface area is 121 Å². The molecule has 0 spiro atoms. The highest BCUT2D eigenvalue weighted by Crippen LogP contribution is 2.20. The summed E-state index contributed by atoms with van der Waals surface area (Å²) in [6.07, 6.45) is -0.579. The maximum absolute atomic E-state index is 12.2. The molecule has 0 N–H and O–H groups in total. The van der Waals surface area contributed by atoms with Crippen molar-refractivity contribution in [3.8, 4) is 0 Å². The van der Waals surface area contributed by atoms with E-state index >= 15 is 0 Å². The molecule has 0 aliphatic rings. The van der Waals surface area contributed by atoms with Crippen LogP contribution in [0, 0.1) is 6.92 Å². The highest BCUT2D eigenvalue weighted by Gasteiger charge is 2.18. The van der Waals surface area contributed by atoms with Crippen LogP contribution in [-0.4, -0.2) is 16.1 Å². The minimum absolute atomic E-state index is 0.293.